The molecule has 1 aromatic heterocycles. The van der Waals surface area contributed by atoms with Gasteiger partial charge in [-0.3, -0.25) is 4.79 Å². The Kier molecular flexibility index (Phi) is 17.8. The maximum atomic E-state index is 13.5. The van der Waals surface area contributed by atoms with Crippen molar-refractivity contribution < 1.29 is 23.7 Å². The van der Waals surface area contributed by atoms with Gasteiger partial charge >= 0.3 is 0 Å². The predicted octanol–water partition coefficient (Wildman–Crippen LogP) is 13.4. The van der Waals surface area contributed by atoms with Crippen molar-refractivity contribution in [2.45, 2.75) is 144 Å². The first-order valence-corrected chi connectivity index (χ1v) is 22.5. The molecule has 310 valence electrons. The van der Waals surface area contributed by atoms with Gasteiger partial charge in [-0.2, -0.15) is 0 Å². The summed E-state index contributed by atoms with van der Waals surface area (Å²) >= 11 is 0. The second-order valence-corrected chi connectivity index (χ2v) is 15.4. The summed E-state index contributed by atoms with van der Waals surface area (Å²) in [5.41, 5.74) is 3.56. The van der Waals surface area contributed by atoms with Crippen molar-refractivity contribution in [3.05, 3.63) is 48.0 Å². The number of rotatable bonds is 27. The minimum absolute atomic E-state index is 0.00500. The molecule has 8 nitrogen and oxygen atoms in total. The van der Waals surface area contributed by atoms with Gasteiger partial charge in [0.25, 0.3) is 5.91 Å². The number of carbonyl (C=O) groups excluding carboxylic acids is 1. The summed E-state index contributed by atoms with van der Waals surface area (Å²) in [6, 6.07) is 14.2. The van der Waals surface area contributed by atoms with Gasteiger partial charge in [0, 0.05) is 29.4 Å². The summed E-state index contributed by atoms with van der Waals surface area (Å²) in [7, 11) is 0. The smallest absolute Gasteiger partial charge is 0.253 e. The molecule has 0 atom stereocenters. The lowest BCUT2D eigenvalue weighted by molar-refractivity contribution is 0.0773. The van der Waals surface area contributed by atoms with E-state index < -0.39 is 0 Å². The molecule has 57 heavy (non-hydrogen) atoms. The van der Waals surface area contributed by atoms with Crippen molar-refractivity contribution in [1.29, 1.82) is 0 Å². The second kappa shape index (κ2) is 23.2. The zero-order valence-electron chi connectivity index (χ0n) is 36.0. The van der Waals surface area contributed by atoms with Crippen LogP contribution in [0.2, 0.25) is 0 Å². The van der Waals surface area contributed by atoms with Crippen LogP contribution in [-0.2, 0) is 0 Å². The van der Waals surface area contributed by atoms with Gasteiger partial charge in [-0.1, -0.05) is 105 Å². The summed E-state index contributed by atoms with van der Waals surface area (Å²) in [5, 5.41) is 3.87. The van der Waals surface area contributed by atoms with E-state index in [0.717, 1.165) is 112 Å². The molecule has 0 aliphatic rings. The van der Waals surface area contributed by atoms with Crippen LogP contribution in [0.4, 0.5) is 0 Å². The van der Waals surface area contributed by atoms with Crippen molar-refractivity contribution >= 4 is 49.5 Å². The van der Waals surface area contributed by atoms with E-state index in [1.54, 1.807) is 0 Å². The van der Waals surface area contributed by atoms with Crippen LogP contribution in [0.3, 0.4) is 0 Å². The SMILES string of the molecule is CCCCCCOc1cc2c3cc(OCCCCCC)c(OCCCCCC)cc3c3nc4cc(C(=O)N(CC)CC)ccc4nc3c2cc1OCCCCCC. The number of amides is 1. The average molecular weight is 780 g/mol. The van der Waals surface area contributed by atoms with Gasteiger partial charge in [-0.05, 0) is 92.8 Å². The third-order valence-electron chi connectivity index (χ3n) is 11.0. The van der Waals surface area contributed by atoms with E-state index in [0.29, 0.717) is 50.6 Å². The molecule has 0 fully saturated rings. The molecule has 0 aliphatic heterocycles. The second-order valence-electron chi connectivity index (χ2n) is 15.4. The normalized spacial score (nSPS) is 11.5. The summed E-state index contributed by atoms with van der Waals surface area (Å²) in [6.07, 6.45) is 17.9. The Balaban J connectivity index is 1.73. The summed E-state index contributed by atoms with van der Waals surface area (Å²) in [6.45, 7) is 16.7. The van der Waals surface area contributed by atoms with E-state index in [1.807, 2.05) is 36.9 Å². The minimum Gasteiger partial charge on any atom is -0.490 e. The molecule has 4 aromatic carbocycles. The third kappa shape index (κ3) is 11.6. The van der Waals surface area contributed by atoms with Crippen molar-refractivity contribution in [3.63, 3.8) is 0 Å². The largest absolute Gasteiger partial charge is 0.490 e. The number of hydrogen-bond donors (Lipinski definition) is 0. The fraction of sp³-hybridized carbons (Fsp3) is 0.571. The third-order valence-corrected chi connectivity index (χ3v) is 11.0. The topological polar surface area (TPSA) is 83.0 Å². The van der Waals surface area contributed by atoms with E-state index >= 15 is 0 Å². The molecule has 0 spiro atoms. The summed E-state index contributed by atoms with van der Waals surface area (Å²) in [5.74, 6) is 2.95. The Morgan fingerprint density at radius 2 is 0.825 bits per heavy atom. The fourth-order valence-electron chi connectivity index (χ4n) is 7.51. The lowest BCUT2D eigenvalue weighted by Gasteiger charge is -2.19. The summed E-state index contributed by atoms with van der Waals surface area (Å²) in [4.78, 5) is 25.9. The molecule has 1 heterocycles. The number of ether oxygens (including phenoxy) is 4. The molecule has 0 radical (unpaired) electrons. The van der Waals surface area contributed by atoms with E-state index in [-0.39, 0.29) is 5.91 Å². The number of nitrogens with zero attached hydrogens (tertiary/aromatic N) is 3. The highest BCUT2D eigenvalue weighted by Crippen LogP contribution is 2.44. The Morgan fingerprint density at radius 1 is 0.456 bits per heavy atom. The zero-order valence-corrected chi connectivity index (χ0v) is 36.0. The van der Waals surface area contributed by atoms with Gasteiger partial charge in [0.2, 0.25) is 0 Å². The number of fused-ring (bicyclic) bond motifs is 7. The van der Waals surface area contributed by atoms with Crippen LogP contribution < -0.4 is 18.9 Å². The van der Waals surface area contributed by atoms with Crippen LogP contribution in [0.15, 0.2) is 42.5 Å². The predicted molar refractivity (Wildman–Crippen MR) is 238 cm³/mol. The molecule has 0 saturated heterocycles. The van der Waals surface area contributed by atoms with Crippen molar-refractivity contribution in [1.82, 2.24) is 14.9 Å². The number of carbonyl (C=O) groups is 1. The van der Waals surface area contributed by atoms with Crippen molar-refractivity contribution in [2.24, 2.45) is 0 Å². The number of aromatic nitrogens is 2. The number of hydrogen-bond acceptors (Lipinski definition) is 7. The molecule has 0 aliphatic carbocycles. The fourth-order valence-corrected chi connectivity index (χ4v) is 7.51. The molecule has 0 bridgehead atoms. The molecular formula is C49H69N3O5. The van der Waals surface area contributed by atoms with Crippen molar-refractivity contribution in [2.75, 3.05) is 39.5 Å². The van der Waals surface area contributed by atoms with Crippen LogP contribution in [0.1, 0.15) is 155 Å². The van der Waals surface area contributed by atoms with E-state index in [9.17, 15) is 4.79 Å². The maximum absolute atomic E-state index is 13.5. The molecule has 5 rings (SSSR count). The lowest BCUT2D eigenvalue weighted by atomic mass is 9.97. The molecule has 0 unspecified atom stereocenters. The molecule has 0 N–H and O–H groups in total. The highest BCUT2D eigenvalue weighted by molar-refractivity contribution is 6.25. The minimum atomic E-state index is -0.00500. The van der Waals surface area contributed by atoms with Gasteiger partial charge in [-0.15, -0.1) is 0 Å². The highest BCUT2D eigenvalue weighted by atomic mass is 16.5. The highest BCUT2D eigenvalue weighted by Gasteiger charge is 2.21. The van der Waals surface area contributed by atoms with E-state index in [4.69, 9.17) is 28.9 Å². The number of unbranched alkanes of at least 4 members (excludes halogenated alkanes) is 12. The monoisotopic (exact) mass is 780 g/mol. The molecule has 1 amide bonds. The summed E-state index contributed by atoms with van der Waals surface area (Å²) < 4.78 is 26.2. The average Bonchev–Trinajstić information content (AvgIpc) is 3.23. The lowest BCUT2D eigenvalue weighted by Crippen LogP contribution is -2.30. The van der Waals surface area contributed by atoms with Gasteiger partial charge in [0.1, 0.15) is 0 Å². The van der Waals surface area contributed by atoms with Gasteiger partial charge in [0.15, 0.2) is 23.0 Å². The molecular weight excluding hydrogens is 711 g/mol. The molecule has 5 aromatic rings. The van der Waals surface area contributed by atoms with Crippen LogP contribution in [-0.4, -0.2) is 60.3 Å². The first kappa shape index (κ1) is 43.8. The van der Waals surface area contributed by atoms with E-state index in [2.05, 4.69) is 52.0 Å². The van der Waals surface area contributed by atoms with Crippen LogP contribution >= 0.6 is 0 Å². The Bertz CT molecular complexity index is 2020. The van der Waals surface area contributed by atoms with Gasteiger partial charge < -0.3 is 23.8 Å². The van der Waals surface area contributed by atoms with E-state index in [1.165, 1.54) is 51.4 Å². The first-order valence-electron chi connectivity index (χ1n) is 22.5. The zero-order chi connectivity index (χ0) is 40.4. The molecule has 8 heteroatoms. The first-order chi connectivity index (χ1) is 28.0. The maximum Gasteiger partial charge on any atom is 0.253 e. The van der Waals surface area contributed by atoms with Crippen LogP contribution in [0.25, 0.3) is 43.6 Å². The Labute approximate surface area is 342 Å². The number of benzene rings is 4. The quantitative estimate of drug-likeness (QED) is 0.0298. The Morgan fingerprint density at radius 3 is 1.19 bits per heavy atom. The van der Waals surface area contributed by atoms with Crippen molar-refractivity contribution in [3.8, 4) is 23.0 Å². The van der Waals surface area contributed by atoms with Crippen LogP contribution in [0.5, 0.6) is 23.0 Å². The Hall–Kier alpha value is -4.33. The van der Waals surface area contributed by atoms with Crippen LogP contribution in [0, 0.1) is 0 Å². The standard InChI is InChI=1S/C49H69N3O5/c1-7-13-17-21-27-54-43-32-37-38-33-44(55-28-22-18-14-8-2)46(57-30-24-20-16-10-4)35-40(38)48-47(39(37)34-45(43)56-29-23-19-15-9-3)50-41-26-25-36(31-42(41)51-48)49(53)52(11-5)12-6/h25-26,31-35H,7-24,27-30H2,1-6H3. The molecule has 0 saturated carbocycles. The van der Waals surface area contributed by atoms with Gasteiger partial charge in [0.05, 0.1) is 48.5 Å². The van der Waals surface area contributed by atoms with Gasteiger partial charge in [-0.25, -0.2) is 9.97 Å².